The summed E-state index contributed by atoms with van der Waals surface area (Å²) >= 11 is 0. The number of rotatable bonds is 5. The van der Waals surface area contributed by atoms with Crippen LogP contribution in [0.4, 0.5) is 0 Å². The van der Waals surface area contributed by atoms with Gasteiger partial charge in [0.2, 0.25) is 0 Å². The third kappa shape index (κ3) is 2.98. The highest BCUT2D eigenvalue weighted by Gasteiger charge is 2.06. The van der Waals surface area contributed by atoms with Crippen molar-refractivity contribution in [2.75, 3.05) is 13.1 Å². The van der Waals surface area contributed by atoms with E-state index in [9.17, 15) is 0 Å². The third-order valence-electron chi connectivity index (χ3n) is 2.22. The van der Waals surface area contributed by atoms with Crippen LogP contribution < -0.4 is 11.1 Å². The molecule has 0 radical (unpaired) electrons. The average Bonchev–Trinajstić information content (AvgIpc) is 2.21. The van der Waals surface area contributed by atoms with Crippen LogP contribution in [0.5, 0.6) is 0 Å². The first-order valence-electron chi connectivity index (χ1n) is 4.89. The molecule has 3 N–H and O–H groups in total. The van der Waals surface area contributed by atoms with Crippen molar-refractivity contribution in [1.29, 1.82) is 0 Å². The molecular formula is C12H18N2. The Morgan fingerprint density at radius 1 is 1.43 bits per heavy atom. The molecule has 1 unspecified atom stereocenters. The number of benzene rings is 1. The summed E-state index contributed by atoms with van der Waals surface area (Å²) in [6.45, 7) is 7.15. The van der Waals surface area contributed by atoms with Gasteiger partial charge < -0.3 is 11.1 Å². The molecular weight excluding hydrogens is 172 g/mol. The van der Waals surface area contributed by atoms with E-state index in [1.165, 1.54) is 11.1 Å². The van der Waals surface area contributed by atoms with Crippen LogP contribution in [-0.4, -0.2) is 13.1 Å². The van der Waals surface area contributed by atoms with Crippen molar-refractivity contribution in [3.63, 3.8) is 0 Å². The molecule has 1 aromatic carbocycles. The van der Waals surface area contributed by atoms with E-state index in [0.717, 1.165) is 6.54 Å². The minimum atomic E-state index is 0.230. The van der Waals surface area contributed by atoms with E-state index in [4.69, 9.17) is 5.73 Å². The fraction of sp³-hybridized carbons (Fsp3) is 0.333. The van der Waals surface area contributed by atoms with E-state index < -0.39 is 0 Å². The topological polar surface area (TPSA) is 38.0 Å². The summed E-state index contributed by atoms with van der Waals surface area (Å²) in [5, 5.41) is 3.31. The number of hydrogen-bond donors (Lipinski definition) is 2. The van der Waals surface area contributed by atoms with Crippen LogP contribution in [0.25, 0.3) is 0 Å². The first-order valence-corrected chi connectivity index (χ1v) is 4.89. The molecule has 2 heteroatoms. The van der Waals surface area contributed by atoms with Crippen LogP contribution in [0.1, 0.15) is 17.2 Å². The van der Waals surface area contributed by atoms with Gasteiger partial charge in [-0.1, -0.05) is 35.9 Å². The third-order valence-corrected chi connectivity index (χ3v) is 2.22. The molecule has 0 amide bonds. The quantitative estimate of drug-likeness (QED) is 0.694. The SMILES string of the molecule is C=CCNC(CN)c1ccc(C)cc1. The van der Waals surface area contributed by atoms with Crippen molar-refractivity contribution in [3.05, 3.63) is 48.0 Å². The highest BCUT2D eigenvalue weighted by molar-refractivity contribution is 5.24. The zero-order chi connectivity index (χ0) is 10.4. The van der Waals surface area contributed by atoms with E-state index in [1.807, 2.05) is 6.08 Å². The Hall–Kier alpha value is -1.12. The Morgan fingerprint density at radius 2 is 2.07 bits per heavy atom. The summed E-state index contributed by atoms with van der Waals surface area (Å²) in [7, 11) is 0. The molecule has 1 aromatic rings. The van der Waals surface area contributed by atoms with E-state index in [2.05, 4.69) is 43.1 Å². The predicted octanol–water partition coefficient (Wildman–Crippen LogP) is 1.77. The fourth-order valence-electron chi connectivity index (χ4n) is 1.36. The van der Waals surface area contributed by atoms with E-state index >= 15 is 0 Å². The normalized spacial score (nSPS) is 12.4. The zero-order valence-electron chi connectivity index (χ0n) is 8.66. The Balaban J connectivity index is 2.68. The Bertz CT molecular complexity index is 277. The lowest BCUT2D eigenvalue weighted by Gasteiger charge is -2.16. The molecule has 0 heterocycles. The summed E-state index contributed by atoms with van der Waals surface area (Å²) in [6.07, 6.45) is 1.84. The van der Waals surface area contributed by atoms with Gasteiger partial charge in [0.15, 0.2) is 0 Å². The van der Waals surface area contributed by atoms with Gasteiger partial charge in [-0.3, -0.25) is 0 Å². The molecule has 0 bridgehead atoms. The molecule has 0 aliphatic carbocycles. The van der Waals surface area contributed by atoms with Gasteiger partial charge in [-0.25, -0.2) is 0 Å². The second-order valence-electron chi connectivity index (χ2n) is 3.40. The molecule has 0 saturated heterocycles. The minimum Gasteiger partial charge on any atom is -0.329 e. The molecule has 0 fully saturated rings. The van der Waals surface area contributed by atoms with Crippen LogP contribution in [0, 0.1) is 6.92 Å². The van der Waals surface area contributed by atoms with Gasteiger partial charge in [-0.05, 0) is 12.5 Å². The lowest BCUT2D eigenvalue weighted by Crippen LogP contribution is -2.28. The van der Waals surface area contributed by atoms with Crippen molar-refractivity contribution in [1.82, 2.24) is 5.32 Å². The molecule has 0 aliphatic heterocycles. The molecule has 0 aliphatic rings. The number of hydrogen-bond acceptors (Lipinski definition) is 2. The molecule has 76 valence electrons. The first kappa shape index (κ1) is 11.0. The lowest BCUT2D eigenvalue weighted by molar-refractivity contribution is 0.577. The summed E-state index contributed by atoms with van der Waals surface area (Å²) in [4.78, 5) is 0. The second kappa shape index (κ2) is 5.58. The molecule has 0 saturated carbocycles. The first-order chi connectivity index (χ1) is 6.77. The summed E-state index contributed by atoms with van der Waals surface area (Å²) in [6, 6.07) is 8.67. The number of aryl methyl sites for hydroxylation is 1. The summed E-state index contributed by atoms with van der Waals surface area (Å²) < 4.78 is 0. The molecule has 14 heavy (non-hydrogen) atoms. The maximum atomic E-state index is 5.69. The van der Waals surface area contributed by atoms with Gasteiger partial charge in [0, 0.05) is 19.1 Å². The van der Waals surface area contributed by atoms with Gasteiger partial charge in [0.1, 0.15) is 0 Å². The smallest absolute Gasteiger partial charge is 0.0446 e. The van der Waals surface area contributed by atoms with Crippen molar-refractivity contribution in [3.8, 4) is 0 Å². The van der Waals surface area contributed by atoms with Gasteiger partial charge in [0.05, 0.1) is 0 Å². The highest BCUT2D eigenvalue weighted by Crippen LogP contribution is 2.12. The van der Waals surface area contributed by atoms with Crippen LogP contribution >= 0.6 is 0 Å². The Kier molecular flexibility index (Phi) is 4.36. The van der Waals surface area contributed by atoms with Crippen LogP contribution in [0.3, 0.4) is 0 Å². The van der Waals surface area contributed by atoms with Crippen LogP contribution in [0.15, 0.2) is 36.9 Å². The number of nitrogens with one attached hydrogen (secondary N) is 1. The average molecular weight is 190 g/mol. The molecule has 0 aromatic heterocycles. The van der Waals surface area contributed by atoms with Crippen molar-refractivity contribution >= 4 is 0 Å². The van der Waals surface area contributed by atoms with Gasteiger partial charge in [-0.2, -0.15) is 0 Å². The van der Waals surface area contributed by atoms with Gasteiger partial charge >= 0.3 is 0 Å². The molecule has 0 spiro atoms. The monoisotopic (exact) mass is 190 g/mol. The van der Waals surface area contributed by atoms with Crippen LogP contribution in [0.2, 0.25) is 0 Å². The van der Waals surface area contributed by atoms with E-state index in [0.29, 0.717) is 6.54 Å². The minimum absolute atomic E-state index is 0.230. The maximum absolute atomic E-state index is 5.69. The maximum Gasteiger partial charge on any atom is 0.0446 e. The summed E-state index contributed by atoms with van der Waals surface area (Å²) in [5.41, 5.74) is 8.19. The van der Waals surface area contributed by atoms with Crippen molar-refractivity contribution in [2.24, 2.45) is 5.73 Å². The lowest BCUT2D eigenvalue weighted by atomic mass is 10.1. The van der Waals surface area contributed by atoms with Crippen molar-refractivity contribution < 1.29 is 0 Å². The number of nitrogens with two attached hydrogens (primary N) is 1. The van der Waals surface area contributed by atoms with Crippen molar-refractivity contribution in [2.45, 2.75) is 13.0 Å². The van der Waals surface area contributed by atoms with Crippen LogP contribution in [-0.2, 0) is 0 Å². The zero-order valence-corrected chi connectivity index (χ0v) is 8.66. The Morgan fingerprint density at radius 3 is 2.57 bits per heavy atom. The highest BCUT2D eigenvalue weighted by atomic mass is 14.9. The van der Waals surface area contributed by atoms with Gasteiger partial charge in [-0.15, -0.1) is 6.58 Å². The second-order valence-corrected chi connectivity index (χ2v) is 3.40. The molecule has 1 rings (SSSR count). The standard InChI is InChI=1S/C12H18N2/c1-3-8-14-12(9-13)11-6-4-10(2)5-7-11/h3-7,12,14H,1,8-9,13H2,2H3. The van der Waals surface area contributed by atoms with E-state index in [-0.39, 0.29) is 6.04 Å². The van der Waals surface area contributed by atoms with Gasteiger partial charge in [0.25, 0.3) is 0 Å². The summed E-state index contributed by atoms with van der Waals surface area (Å²) in [5.74, 6) is 0. The van der Waals surface area contributed by atoms with E-state index in [1.54, 1.807) is 0 Å². The molecule has 1 atom stereocenters. The predicted molar refractivity (Wildman–Crippen MR) is 61.2 cm³/mol. The largest absolute Gasteiger partial charge is 0.329 e. The fourth-order valence-corrected chi connectivity index (χ4v) is 1.36. The molecule has 2 nitrogen and oxygen atoms in total. The Labute approximate surface area is 85.8 Å².